The van der Waals surface area contributed by atoms with E-state index in [1.54, 1.807) is 0 Å². The van der Waals surface area contributed by atoms with Gasteiger partial charge in [-0.05, 0) is 48.3 Å². The molecule has 2 N–H and O–H groups in total. The molecule has 5 heteroatoms. The summed E-state index contributed by atoms with van der Waals surface area (Å²) in [5.41, 5.74) is 6.74. The number of aryl methyl sites for hydroxylation is 1. The molecule has 0 amide bonds. The van der Waals surface area contributed by atoms with Crippen molar-refractivity contribution in [1.82, 2.24) is 4.98 Å². The van der Waals surface area contributed by atoms with E-state index in [0.717, 1.165) is 23.4 Å². The smallest absolute Gasteiger partial charge is 0.143 e. The topological polar surface area (TPSA) is 51.4 Å². The SMILES string of the molecule is Cc1ccnc(N2CC(CN)OC(C)(C)C2)c1Br. The average Bonchev–Trinajstić information content (AvgIpc) is 2.30. The zero-order chi connectivity index (χ0) is 13.3. The van der Waals surface area contributed by atoms with Crippen LogP contribution in [0.5, 0.6) is 0 Å². The molecular weight excluding hydrogens is 294 g/mol. The Morgan fingerprint density at radius 3 is 3.00 bits per heavy atom. The van der Waals surface area contributed by atoms with Crippen molar-refractivity contribution in [3.8, 4) is 0 Å². The third kappa shape index (κ3) is 2.84. The number of aromatic nitrogens is 1. The maximum absolute atomic E-state index is 5.94. The Kier molecular flexibility index (Phi) is 3.94. The molecule has 1 atom stereocenters. The van der Waals surface area contributed by atoms with Crippen LogP contribution in [-0.4, -0.2) is 36.3 Å². The lowest BCUT2D eigenvalue weighted by molar-refractivity contribution is -0.0790. The number of morpholine rings is 1. The molecule has 2 heterocycles. The van der Waals surface area contributed by atoms with Crippen LogP contribution in [0, 0.1) is 6.92 Å². The minimum atomic E-state index is -0.201. The van der Waals surface area contributed by atoms with Crippen LogP contribution >= 0.6 is 15.9 Å². The summed E-state index contributed by atoms with van der Waals surface area (Å²) >= 11 is 3.62. The highest BCUT2D eigenvalue weighted by Crippen LogP contribution is 2.31. The summed E-state index contributed by atoms with van der Waals surface area (Å²) < 4.78 is 6.99. The molecule has 0 bridgehead atoms. The zero-order valence-electron chi connectivity index (χ0n) is 11.1. The maximum atomic E-state index is 5.94. The lowest BCUT2D eigenvalue weighted by atomic mass is 10.0. The first-order valence-corrected chi connectivity index (χ1v) is 6.96. The standard InChI is InChI=1S/C13H20BrN3O/c1-9-4-5-16-12(11(9)14)17-7-10(6-15)18-13(2,3)8-17/h4-5,10H,6-8,15H2,1-3H3. The number of nitrogens with zero attached hydrogens (tertiary/aromatic N) is 2. The van der Waals surface area contributed by atoms with Crippen molar-refractivity contribution in [3.63, 3.8) is 0 Å². The summed E-state index contributed by atoms with van der Waals surface area (Å²) in [5, 5.41) is 0. The van der Waals surface area contributed by atoms with Crippen LogP contribution in [0.4, 0.5) is 5.82 Å². The fourth-order valence-electron chi connectivity index (χ4n) is 2.33. The quantitative estimate of drug-likeness (QED) is 0.908. The van der Waals surface area contributed by atoms with E-state index in [1.807, 2.05) is 12.3 Å². The Hall–Kier alpha value is -0.650. The number of anilines is 1. The van der Waals surface area contributed by atoms with Crippen LogP contribution in [0.1, 0.15) is 19.4 Å². The van der Waals surface area contributed by atoms with Crippen molar-refractivity contribution in [2.75, 3.05) is 24.5 Å². The summed E-state index contributed by atoms with van der Waals surface area (Å²) in [6.07, 6.45) is 1.90. The number of nitrogens with two attached hydrogens (primary N) is 1. The van der Waals surface area contributed by atoms with Crippen LogP contribution in [0.25, 0.3) is 0 Å². The third-order valence-electron chi connectivity index (χ3n) is 3.11. The normalized spacial score (nSPS) is 23.2. The van der Waals surface area contributed by atoms with Gasteiger partial charge >= 0.3 is 0 Å². The van der Waals surface area contributed by atoms with Gasteiger partial charge in [0.2, 0.25) is 0 Å². The molecule has 1 aromatic heterocycles. The second kappa shape index (κ2) is 5.15. The van der Waals surface area contributed by atoms with E-state index in [9.17, 15) is 0 Å². The highest BCUT2D eigenvalue weighted by molar-refractivity contribution is 9.10. The summed E-state index contributed by atoms with van der Waals surface area (Å²) in [5.74, 6) is 0.977. The molecule has 0 saturated carbocycles. The predicted octanol–water partition coefficient (Wildman–Crippen LogP) is 2.10. The Balaban J connectivity index is 2.29. The van der Waals surface area contributed by atoms with Crippen molar-refractivity contribution in [3.05, 3.63) is 22.3 Å². The van der Waals surface area contributed by atoms with Gasteiger partial charge in [-0.25, -0.2) is 4.98 Å². The van der Waals surface area contributed by atoms with Gasteiger partial charge in [0.05, 0.1) is 16.2 Å². The molecule has 100 valence electrons. The first-order valence-electron chi connectivity index (χ1n) is 6.17. The number of rotatable bonds is 2. The third-order valence-corrected chi connectivity index (χ3v) is 4.09. The molecule has 1 unspecified atom stereocenters. The second-order valence-electron chi connectivity index (χ2n) is 5.38. The molecule has 0 aromatic carbocycles. The lowest BCUT2D eigenvalue weighted by Crippen LogP contribution is -2.55. The van der Waals surface area contributed by atoms with E-state index < -0.39 is 0 Å². The van der Waals surface area contributed by atoms with Crippen LogP contribution in [0.2, 0.25) is 0 Å². The van der Waals surface area contributed by atoms with Gasteiger partial charge in [0.1, 0.15) is 5.82 Å². The van der Waals surface area contributed by atoms with Gasteiger partial charge in [-0.15, -0.1) is 0 Å². The largest absolute Gasteiger partial charge is 0.367 e. The van der Waals surface area contributed by atoms with Crippen LogP contribution < -0.4 is 10.6 Å². The number of hydrogen-bond donors (Lipinski definition) is 1. The average molecular weight is 314 g/mol. The van der Waals surface area contributed by atoms with E-state index in [2.05, 4.69) is 46.6 Å². The fraction of sp³-hybridized carbons (Fsp3) is 0.615. The van der Waals surface area contributed by atoms with E-state index in [1.165, 1.54) is 5.56 Å². The van der Waals surface area contributed by atoms with Gasteiger partial charge in [0, 0.05) is 25.8 Å². The Morgan fingerprint density at radius 1 is 1.61 bits per heavy atom. The van der Waals surface area contributed by atoms with Gasteiger partial charge in [-0.2, -0.15) is 0 Å². The van der Waals surface area contributed by atoms with Crippen molar-refractivity contribution in [2.24, 2.45) is 5.73 Å². The van der Waals surface area contributed by atoms with Crippen molar-refractivity contribution >= 4 is 21.7 Å². The number of halogens is 1. The van der Waals surface area contributed by atoms with E-state index in [-0.39, 0.29) is 11.7 Å². The van der Waals surface area contributed by atoms with Gasteiger partial charge in [-0.1, -0.05) is 0 Å². The summed E-state index contributed by atoms with van der Waals surface area (Å²) in [6, 6.07) is 2.00. The monoisotopic (exact) mass is 313 g/mol. The number of ether oxygens (including phenoxy) is 1. The van der Waals surface area contributed by atoms with Crippen LogP contribution in [-0.2, 0) is 4.74 Å². The molecule has 2 rings (SSSR count). The lowest BCUT2D eigenvalue weighted by Gasteiger charge is -2.43. The van der Waals surface area contributed by atoms with Gasteiger partial charge < -0.3 is 15.4 Å². The van der Waals surface area contributed by atoms with Crippen LogP contribution in [0.3, 0.4) is 0 Å². The minimum Gasteiger partial charge on any atom is -0.367 e. The highest BCUT2D eigenvalue weighted by Gasteiger charge is 2.34. The van der Waals surface area contributed by atoms with Crippen molar-refractivity contribution in [1.29, 1.82) is 0 Å². The maximum Gasteiger partial charge on any atom is 0.143 e. The fourth-order valence-corrected chi connectivity index (χ4v) is 2.81. The molecule has 1 aliphatic rings. The highest BCUT2D eigenvalue weighted by atomic mass is 79.9. The molecular formula is C13H20BrN3O. The van der Waals surface area contributed by atoms with Crippen molar-refractivity contribution in [2.45, 2.75) is 32.5 Å². The van der Waals surface area contributed by atoms with Crippen molar-refractivity contribution < 1.29 is 4.74 Å². The Bertz CT molecular complexity index is 436. The number of hydrogen-bond acceptors (Lipinski definition) is 4. The van der Waals surface area contributed by atoms with E-state index in [4.69, 9.17) is 10.5 Å². The second-order valence-corrected chi connectivity index (χ2v) is 6.17. The van der Waals surface area contributed by atoms with Gasteiger partial charge in [0.15, 0.2) is 0 Å². The first kappa shape index (κ1) is 13.8. The summed E-state index contributed by atoms with van der Waals surface area (Å²) in [6.45, 7) is 8.38. The van der Waals surface area contributed by atoms with E-state index in [0.29, 0.717) is 6.54 Å². The molecule has 0 spiro atoms. The van der Waals surface area contributed by atoms with Gasteiger partial charge in [-0.3, -0.25) is 0 Å². The Morgan fingerprint density at radius 2 is 2.33 bits per heavy atom. The minimum absolute atomic E-state index is 0.0583. The van der Waals surface area contributed by atoms with Gasteiger partial charge in [0.25, 0.3) is 0 Å². The zero-order valence-corrected chi connectivity index (χ0v) is 12.7. The molecule has 18 heavy (non-hydrogen) atoms. The first-order chi connectivity index (χ1) is 8.43. The molecule has 1 aliphatic heterocycles. The van der Waals surface area contributed by atoms with E-state index >= 15 is 0 Å². The van der Waals surface area contributed by atoms with Crippen LogP contribution in [0.15, 0.2) is 16.7 Å². The molecule has 0 aliphatic carbocycles. The molecule has 1 aromatic rings. The Labute approximate surface area is 117 Å². The summed E-state index contributed by atoms with van der Waals surface area (Å²) in [7, 11) is 0. The molecule has 0 radical (unpaired) electrons. The number of pyridine rings is 1. The predicted molar refractivity (Wildman–Crippen MR) is 76.9 cm³/mol. The molecule has 1 fully saturated rings. The summed E-state index contributed by atoms with van der Waals surface area (Å²) in [4.78, 5) is 6.73. The molecule has 4 nitrogen and oxygen atoms in total. The molecule has 1 saturated heterocycles.